The van der Waals surface area contributed by atoms with Crippen LogP contribution in [0.15, 0.2) is 0 Å². The van der Waals surface area contributed by atoms with Gasteiger partial charge in [0.05, 0.1) is 0 Å². The van der Waals surface area contributed by atoms with E-state index in [1.165, 1.54) is 32.5 Å². The second kappa shape index (κ2) is 8.06. The predicted molar refractivity (Wildman–Crippen MR) is 73.2 cm³/mol. The van der Waals surface area contributed by atoms with E-state index in [1.54, 1.807) is 0 Å². The summed E-state index contributed by atoms with van der Waals surface area (Å²) in [5, 5.41) is 12.5. The summed E-state index contributed by atoms with van der Waals surface area (Å²) in [6.07, 6.45) is 3.57. The van der Waals surface area contributed by atoms with E-state index in [0.717, 1.165) is 18.9 Å². The Kier molecular flexibility index (Phi) is 7.09. The monoisotopic (exact) mass is 242 g/mol. The van der Waals surface area contributed by atoms with Crippen molar-refractivity contribution in [3.63, 3.8) is 0 Å². The van der Waals surface area contributed by atoms with Crippen molar-refractivity contribution >= 4 is 0 Å². The lowest BCUT2D eigenvalue weighted by molar-refractivity contribution is 0.166. The second-order valence-corrected chi connectivity index (χ2v) is 5.59. The quantitative estimate of drug-likeness (QED) is 0.713. The van der Waals surface area contributed by atoms with Crippen LogP contribution in [-0.2, 0) is 0 Å². The summed E-state index contributed by atoms with van der Waals surface area (Å²) in [6, 6.07) is 0.621. The second-order valence-electron chi connectivity index (χ2n) is 5.59. The Morgan fingerprint density at radius 1 is 1.29 bits per heavy atom. The van der Waals surface area contributed by atoms with Crippen molar-refractivity contribution in [3.8, 4) is 0 Å². The lowest BCUT2D eigenvalue weighted by Gasteiger charge is -2.35. The van der Waals surface area contributed by atoms with Crippen LogP contribution in [0.5, 0.6) is 0 Å². The van der Waals surface area contributed by atoms with Gasteiger partial charge in [0.2, 0.25) is 0 Å². The van der Waals surface area contributed by atoms with E-state index in [0.29, 0.717) is 18.6 Å². The fraction of sp³-hybridized carbons (Fsp3) is 1.00. The van der Waals surface area contributed by atoms with Gasteiger partial charge in [-0.15, -0.1) is 0 Å². The molecule has 2 atom stereocenters. The molecule has 0 saturated carbocycles. The predicted octanol–water partition coefficient (Wildman–Crippen LogP) is 1.71. The molecule has 0 aromatic carbocycles. The largest absolute Gasteiger partial charge is 0.396 e. The van der Waals surface area contributed by atoms with Crippen molar-refractivity contribution in [2.24, 2.45) is 11.8 Å². The summed E-state index contributed by atoms with van der Waals surface area (Å²) in [7, 11) is 0. The highest BCUT2D eigenvalue weighted by molar-refractivity contribution is 4.79. The zero-order chi connectivity index (χ0) is 12.7. The van der Waals surface area contributed by atoms with E-state index in [9.17, 15) is 0 Å². The van der Waals surface area contributed by atoms with Gasteiger partial charge < -0.3 is 15.3 Å². The Bertz CT molecular complexity index is 191. The van der Waals surface area contributed by atoms with Crippen LogP contribution in [-0.4, -0.2) is 48.8 Å². The molecule has 0 aromatic heterocycles. The molecule has 2 unspecified atom stereocenters. The lowest BCUT2D eigenvalue weighted by Crippen LogP contribution is -2.43. The molecule has 3 nitrogen and oxygen atoms in total. The number of nitrogens with one attached hydrogen (secondary N) is 1. The Morgan fingerprint density at radius 3 is 2.47 bits per heavy atom. The number of hydrogen-bond donors (Lipinski definition) is 2. The van der Waals surface area contributed by atoms with Crippen molar-refractivity contribution in [1.29, 1.82) is 0 Å². The van der Waals surface area contributed by atoms with Gasteiger partial charge in [0.15, 0.2) is 0 Å². The molecule has 0 aliphatic carbocycles. The summed E-state index contributed by atoms with van der Waals surface area (Å²) in [4.78, 5) is 2.54. The maximum Gasteiger partial charge on any atom is 0.0434 e. The average molecular weight is 242 g/mol. The third-order valence-electron chi connectivity index (χ3n) is 4.20. The maximum atomic E-state index is 8.87. The van der Waals surface area contributed by atoms with Crippen LogP contribution in [0.3, 0.4) is 0 Å². The number of likely N-dealkylation sites (tertiary alicyclic amines) is 1. The topological polar surface area (TPSA) is 35.5 Å². The maximum absolute atomic E-state index is 8.87. The molecule has 0 aromatic rings. The third kappa shape index (κ3) is 5.36. The molecule has 17 heavy (non-hydrogen) atoms. The molecule has 3 heteroatoms. The van der Waals surface area contributed by atoms with Crippen LogP contribution in [0, 0.1) is 11.8 Å². The highest BCUT2D eigenvalue weighted by atomic mass is 16.3. The van der Waals surface area contributed by atoms with Crippen LogP contribution in [0.25, 0.3) is 0 Å². The average Bonchev–Trinajstić information content (AvgIpc) is 2.36. The van der Waals surface area contributed by atoms with E-state index in [-0.39, 0.29) is 0 Å². The van der Waals surface area contributed by atoms with Crippen LogP contribution < -0.4 is 5.32 Å². The number of aliphatic hydroxyl groups is 1. The summed E-state index contributed by atoms with van der Waals surface area (Å²) >= 11 is 0. The zero-order valence-corrected chi connectivity index (χ0v) is 11.8. The lowest BCUT2D eigenvalue weighted by atomic mass is 9.90. The Labute approximate surface area is 107 Å². The summed E-state index contributed by atoms with van der Waals surface area (Å²) in [6.45, 7) is 11.8. The first-order chi connectivity index (χ1) is 8.17. The summed E-state index contributed by atoms with van der Waals surface area (Å²) in [5.74, 6) is 1.41. The molecule has 1 saturated heterocycles. The van der Waals surface area contributed by atoms with Gasteiger partial charge in [0, 0.05) is 12.6 Å². The van der Waals surface area contributed by atoms with Gasteiger partial charge >= 0.3 is 0 Å². The molecule has 0 amide bonds. The molecule has 102 valence electrons. The summed E-state index contributed by atoms with van der Waals surface area (Å²) in [5.41, 5.74) is 0. The van der Waals surface area contributed by atoms with Crippen molar-refractivity contribution in [2.45, 2.75) is 46.1 Å². The van der Waals surface area contributed by atoms with Gasteiger partial charge in [-0.25, -0.2) is 0 Å². The first kappa shape index (κ1) is 14.9. The Balaban J connectivity index is 2.17. The number of aliphatic hydroxyl groups excluding tert-OH is 1. The van der Waals surface area contributed by atoms with E-state index in [2.05, 4.69) is 31.0 Å². The highest BCUT2D eigenvalue weighted by Crippen LogP contribution is 2.20. The zero-order valence-electron chi connectivity index (χ0n) is 11.8. The van der Waals surface area contributed by atoms with E-state index in [1.807, 2.05) is 0 Å². The van der Waals surface area contributed by atoms with E-state index in [4.69, 9.17) is 5.11 Å². The van der Waals surface area contributed by atoms with Crippen molar-refractivity contribution in [1.82, 2.24) is 10.2 Å². The molecule has 0 radical (unpaired) electrons. The van der Waals surface area contributed by atoms with Gasteiger partial charge in [0.25, 0.3) is 0 Å². The van der Waals surface area contributed by atoms with Crippen LogP contribution in [0.4, 0.5) is 0 Å². The van der Waals surface area contributed by atoms with Crippen LogP contribution in [0.2, 0.25) is 0 Å². The fourth-order valence-electron chi connectivity index (χ4n) is 2.65. The number of rotatable bonds is 7. The minimum absolute atomic E-state index is 0.312. The normalized spacial score (nSPS) is 22.6. The minimum atomic E-state index is 0.312. The van der Waals surface area contributed by atoms with Gasteiger partial charge in [-0.1, -0.05) is 13.8 Å². The Morgan fingerprint density at radius 2 is 1.94 bits per heavy atom. The molecule has 0 spiro atoms. The number of nitrogens with zero attached hydrogens (tertiary/aromatic N) is 1. The fourth-order valence-corrected chi connectivity index (χ4v) is 2.65. The molecule has 1 fully saturated rings. The van der Waals surface area contributed by atoms with Crippen molar-refractivity contribution in [3.05, 3.63) is 0 Å². The molecule has 1 aliphatic rings. The highest BCUT2D eigenvalue weighted by Gasteiger charge is 2.22. The molecular formula is C14H30N2O. The van der Waals surface area contributed by atoms with Crippen molar-refractivity contribution in [2.75, 3.05) is 32.8 Å². The molecule has 1 aliphatic heterocycles. The smallest absolute Gasteiger partial charge is 0.0434 e. The standard InChI is InChI=1S/C14H30N2O/c1-4-16-8-5-14(6-9-16)13(3)15-11-12(2)7-10-17/h12-15,17H,4-11H2,1-3H3. The van der Waals surface area contributed by atoms with Gasteiger partial charge in [0.1, 0.15) is 0 Å². The first-order valence-corrected chi connectivity index (χ1v) is 7.24. The van der Waals surface area contributed by atoms with E-state index < -0.39 is 0 Å². The third-order valence-corrected chi connectivity index (χ3v) is 4.20. The molecular weight excluding hydrogens is 212 g/mol. The molecule has 0 bridgehead atoms. The van der Waals surface area contributed by atoms with Gasteiger partial charge in [-0.3, -0.25) is 0 Å². The summed E-state index contributed by atoms with van der Waals surface area (Å²) < 4.78 is 0. The van der Waals surface area contributed by atoms with Crippen LogP contribution in [0.1, 0.15) is 40.0 Å². The minimum Gasteiger partial charge on any atom is -0.396 e. The molecule has 1 heterocycles. The van der Waals surface area contributed by atoms with Crippen LogP contribution >= 0.6 is 0 Å². The number of piperidine rings is 1. The number of hydrogen-bond acceptors (Lipinski definition) is 3. The Hall–Kier alpha value is -0.120. The molecule has 1 rings (SSSR count). The van der Waals surface area contributed by atoms with Crippen molar-refractivity contribution < 1.29 is 5.11 Å². The van der Waals surface area contributed by atoms with E-state index >= 15 is 0 Å². The first-order valence-electron chi connectivity index (χ1n) is 7.24. The SMILES string of the molecule is CCN1CCC(C(C)NCC(C)CCO)CC1. The molecule has 2 N–H and O–H groups in total. The van der Waals surface area contributed by atoms with Gasteiger partial charge in [-0.05, 0) is 64.2 Å². The van der Waals surface area contributed by atoms with Gasteiger partial charge in [-0.2, -0.15) is 0 Å².